The van der Waals surface area contributed by atoms with Gasteiger partial charge in [0.2, 0.25) is 13.2 Å². The number of carboxylic acid groups (broad SMARTS) is 1. The Morgan fingerprint density at radius 2 is 1.78 bits per heavy atom. The number of carbonyl (C=O) groups is 2. The van der Waals surface area contributed by atoms with E-state index < -0.39 is 5.97 Å². The number of aliphatic carboxylic acids is 1. The minimum absolute atomic E-state index is 0.00134. The molecule has 1 saturated heterocycles. The molecule has 3 unspecified atom stereocenters. The van der Waals surface area contributed by atoms with Crippen molar-refractivity contribution in [3.05, 3.63) is 23.8 Å². The van der Waals surface area contributed by atoms with Crippen LogP contribution in [0.1, 0.15) is 70.8 Å². The lowest BCUT2D eigenvalue weighted by Gasteiger charge is -2.23. The molecule has 2 aliphatic rings. The van der Waals surface area contributed by atoms with Crippen molar-refractivity contribution in [3.8, 4) is 11.5 Å². The minimum atomic E-state index is -0.708. The van der Waals surface area contributed by atoms with Gasteiger partial charge in [0.05, 0.1) is 5.92 Å². The maximum atomic E-state index is 11.8. The highest BCUT2D eigenvalue weighted by molar-refractivity contribution is 5.73. The van der Waals surface area contributed by atoms with Crippen LogP contribution in [0.3, 0.4) is 0 Å². The summed E-state index contributed by atoms with van der Waals surface area (Å²) >= 11 is 0. The fourth-order valence-electron chi connectivity index (χ4n) is 4.53. The number of hydrogen-bond donors (Lipinski definition) is 1. The SMILES string of the molecule is CCCC1C(C(=O)O)C(c2ccc3c(c2)OCO3)CN1C.CCCCN(C=O)CCCC. The van der Waals surface area contributed by atoms with Crippen LogP contribution in [0.25, 0.3) is 0 Å². The number of benzene rings is 1. The van der Waals surface area contributed by atoms with E-state index >= 15 is 0 Å². The van der Waals surface area contributed by atoms with E-state index in [2.05, 4.69) is 25.7 Å². The Bertz CT molecular complexity index is 718. The van der Waals surface area contributed by atoms with E-state index in [1.807, 2.05) is 30.1 Å². The number of carboxylic acids is 1. The number of rotatable bonds is 11. The van der Waals surface area contributed by atoms with E-state index in [1.54, 1.807) is 0 Å². The van der Waals surface area contributed by atoms with Crippen LogP contribution in [0.5, 0.6) is 11.5 Å². The van der Waals surface area contributed by atoms with Gasteiger partial charge in [0, 0.05) is 31.6 Å². The molecule has 0 bridgehead atoms. The molecule has 3 rings (SSSR count). The van der Waals surface area contributed by atoms with Crippen LogP contribution in [0.15, 0.2) is 18.2 Å². The zero-order valence-corrected chi connectivity index (χ0v) is 20.1. The van der Waals surface area contributed by atoms with Crippen LogP contribution < -0.4 is 9.47 Å². The molecule has 1 N–H and O–H groups in total. The van der Waals surface area contributed by atoms with Crippen LogP contribution in [0.4, 0.5) is 0 Å². The highest BCUT2D eigenvalue weighted by Crippen LogP contribution is 2.42. The van der Waals surface area contributed by atoms with Crippen LogP contribution in [-0.2, 0) is 9.59 Å². The molecule has 0 aromatic heterocycles. The van der Waals surface area contributed by atoms with Crippen LogP contribution >= 0.6 is 0 Å². The quantitative estimate of drug-likeness (QED) is 0.507. The average Bonchev–Trinajstić information content (AvgIpc) is 3.38. The summed E-state index contributed by atoms with van der Waals surface area (Å²) in [5.74, 6) is 0.384. The molecule has 0 saturated carbocycles. The molecule has 0 aliphatic carbocycles. The predicted molar refractivity (Wildman–Crippen MR) is 125 cm³/mol. The van der Waals surface area contributed by atoms with Crippen molar-refractivity contribution in [2.45, 2.75) is 71.3 Å². The summed E-state index contributed by atoms with van der Waals surface area (Å²) in [5, 5.41) is 9.67. The Hall–Kier alpha value is -2.28. The summed E-state index contributed by atoms with van der Waals surface area (Å²) < 4.78 is 10.7. The second-order valence-electron chi connectivity index (χ2n) is 8.73. The lowest BCUT2D eigenvalue weighted by atomic mass is 9.84. The Labute approximate surface area is 192 Å². The van der Waals surface area contributed by atoms with Gasteiger partial charge in [-0.3, -0.25) is 9.59 Å². The first-order valence-electron chi connectivity index (χ1n) is 12.0. The highest BCUT2D eigenvalue weighted by atomic mass is 16.7. The van der Waals surface area contributed by atoms with Crippen molar-refractivity contribution < 1.29 is 24.2 Å². The Kier molecular flexibility index (Phi) is 10.8. The number of ether oxygens (including phenoxy) is 2. The topological polar surface area (TPSA) is 79.3 Å². The number of likely N-dealkylation sites (tertiary alicyclic amines) is 1. The number of hydrogen-bond acceptors (Lipinski definition) is 5. The normalized spacial score (nSPS) is 21.7. The maximum absolute atomic E-state index is 11.8. The predicted octanol–water partition coefficient (Wildman–Crippen LogP) is 4.36. The van der Waals surface area contributed by atoms with E-state index in [-0.39, 0.29) is 24.7 Å². The molecule has 32 heavy (non-hydrogen) atoms. The number of unbranched alkanes of at least 4 members (excludes halogenated alkanes) is 2. The second-order valence-corrected chi connectivity index (χ2v) is 8.73. The number of amides is 1. The summed E-state index contributed by atoms with van der Waals surface area (Å²) in [6.45, 7) is 9.25. The number of fused-ring (bicyclic) bond motifs is 1. The van der Waals surface area contributed by atoms with Crippen molar-refractivity contribution in [3.63, 3.8) is 0 Å². The third kappa shape index (κ3) is 6.86. The van der Waals surface area contributed by atoms with Gasteiger partial charge in [0.25, 0.3) is 0 Å². The summed E-state index contributed by atoms with van der Waals surface area (Å²) in [6, 6.07) is 5.88. The van der Waals surface area contributed by atoms with Gasteiger partial charge in [-0.25, -0.2) is 0 Å². The van der Waals surface area contributed by atoms with Gasteiger partial charge in [0.15, 0.2) is 11.5 Å². The molecule has 1 aromatic carbocycles. The molecule has 0 radical (unpaired) electrons. The smallest absolute Gasteiger partial charge is 0.308 e. The molecule has 7 nitrogen and oxygen atoms in total. The molecule has 1 fully saturated rings. The van der Waals surface area contributed by atoms with Crippen molar-refractivity contribution >= 4 is 12.4 Å². The third-order valence-corrected chi connectivity index (χ3v) is 6.34. The summed E-state index contributed by atoms with van der Waals surface area (Å²) in [4.78, 5) is 26.3. The fourth-order valence-corrected chi connectivity index (χ4v) is 4.53. The lowest BCUT2D eigenvalue weighted by molar-refractivity contribution is -0.143. The first-order valence-corrected chi connectivity index (χ1v) is 12.0. The monoisotopic (exact) mass is 448 g/mol. The van der Waals surface area contributed by atoms with E-state index in [0.717, 1.165) is 81.6 Å². The zero-order valence-electron chi connectivity index (χ0n) is 20.1. The molecule has 0 spiro atoms. The Morgan fingerprint density at radius 1 is 1.12 bits per heavy atom. The molecule has 180 valence electrons. The largest absolute Gasteiger partial charge is 0.481 e. The zero-order chi connectivity index (χ0) is 23.5. The van der Waals surface area contributed by atoms with E-state index in [1.165, 1.54) is 0 Å². The Balaban J connectivity index is 0.000000282. The third-order valence-electron chi connectivity index (χ3n) is 6.34. The van der Waals surface area contributed by atoms with Gasteiger partial charge in [-0.2, -0.15) is 0 Å². The first-order chi connectivity index (χ1) is 15.5. The number of likely N-dealkylation sites (N-methyl/N-ethyl adjacent to an activating group) is 1. The van der Waals surface area contributed by atoms with Crippen LogP contribution in [0, 0.1) is 5.92 Å². The summed E-state index contributed by atoms with van der Waals surface area (Å²) in [6.07, 6.45) is 7.45. The fraction of sp³-hybridized carbons (Fsp3) is 0.680. The second kappa shape index (κ2) is 13.3. The molecule has 1 aromatic rings. The highest BCUT2D eigenvalue weighted by Gasteiger charge is 2.44. The van der Waals surface area contributed by atoms with Gasteiger partial charge in [-0.15, -0.1) is 0 Å². The van der Waals surface area contributed by atoms with E-state index in [4.69, 9.17) is 9.47 Å². The van der Waals surface area contributed by atoms with Gasteiger partial charge in [-0.05, 0) is 44.0 Å². The van der Waals surface area contributed by atoms with Crippen LogP contribution in [-0.4, -0.2) is 66.8 Å². The van der Waals surface area contributed by atoms with Crippen molar-refractivity contribution in [2.75, 3.05) is 33.5 Å². The summed E-state index contributed by atoms with van der Waals surface area (Å²) in [5.41, 5.74) is 1.03. The number of nitrogens with zero attached hydrogens (tertiary/aromatic N) is 2. The standard InChI is InChI=1S/C16H21NO4.C9H19NO/c1-3-4-12-15(16(18)19)11(8-17(12)2)10-5-6-13-14(7-10)21-9-20-13;1-3-5-7-10(9-11)8-6-4-2/h5-7,11-12,15H,3-4,8-9H2,1-2H3,(H,18,19);9H,3-8H2,1-2H3. The van der Waals surface area contributed by atoms with Crippen molar-refractivity contribution in [1.82, 2.24) is 9.80 Å². The first kappa shape index (κ1) is 26.0. The molecular formula is C25H40N2O5. The number of carbonyl (C=O) groups excluding carboxylic acids is 1. The average molecular weight is 449 g/mol. The minimum Gasteiger partial charge on any atom is -0.481 e. The molecule has 2 heterocycles. The molecule has 7 heteroatoms. The maximum Gasteiger partial charge on any atom is 0.308 e. The van der Waals surface area contributed by atoms with Gasteiger partial charge in [0.1, 0.15) is 0 Å². The van der Waals surface area contributed by atoms with Crippen molar-refractivity contribution in [1.29, 1.82) is 0 Å². The summed E-state index contributed by atoms with van der Waals surface area (Å²) in [7, 11) is 2.02. The van der Waals surface area contributed by atoms with Gasteiger partial charge < -0.3 is 24.4 Å². The van der Waals surface area contributed by atoms with Gasteiger partial charge >= 0.3 is 5.97 Å². The van der Waals surface area contributed by atoms with Gasteiger partial charge in [-0.1, -0.05) is 46.1 Å². The molecule has 3 atom stereocenters. The molecule has 1 amide bonds. The van der Waals surface area contributed by atoms with E-state index in [0.29, 0.717) is 0 Å². The Morgan fingerprint density at radius 3 is 2.34 bits per heavy atom. The molecular weight excluding hydrogens is 408 g/mol. The van der Waals surface area contributed by atoms with E-state index in [9.17, 15) is 14.7 Å². The van der Waals surface area contributed by atoms with Crippen LogP contribution in [0.2, 0.25) is 0 Å². The molecule has 2 aliphatic heterocycles. The lowest BCUT2D eigenvalue weighted by Crippen LogP contribution is -2.33. The van der Waals surface area contributed by atoms with Crippen molar-refractivity contribution in [2.24, 2.45) is 5.92 Å².